The molecule has 0 aliphatic heterocycles. The van der Waals surface area contributed by atoms with Gasteiger partial charge < -0.3 is 9.15 Å². The third-order valence-electron chi connectivity index (χ3n) is 4.48. The smallest absolute Gasteiger partial charge is 0.313 e. The third kappa shape index (κ3) is 4.68. The number of ketones is 1. The molecule has 0 amide bonds. The third-order valence-corrected chi connectivity index (χ3v) is 6.12. The van der Waals surface area contributed by atoms with Crippen LogP contribution >= 0.6 is 45.2 Å². The molecule has 0 radical (unpaired) electrons. The number of halogens is 2. The van der Waals surface area contributed by atoms with Crippen molar-refractivity contribution < 1.29 is 18.7 Å². The van der Waals surface area contributed by atoms with Gasteiger partial charge in [-0.3, -0.25) is 9.59 Å². The van der Waals surface area contributed by atoms with Crippen molar-refractivity contribution in [3.63, 3.8) is 0 Å². The van der Waals surface area contributed by atoms with Gasteiger partial charge in [-0.05, 0) is 81.9 Å². The SMILES string of the molecule is CC[C@H](C)OC(=O)Cc1oc2ccccc2c1C(=O)c1cc(I)c(N=O)c(I)c1. The summed E-state index contributed by atoms with van der Waals surface area (Å²) in [4.78, 5) is 36.7. The number of carbonyl (C=O) groups is 2. The van der Waals surface area contributed by atoms with Crippen LogP contribution < -0.4 is 0 Å². The number of furan rings is 1. The van der Waals surface area contributed by atoms with E-state index in [1.165, 1.54) is 0 Å². The Morgan fingerprint density at radius 1 is 1.17 bits per heavy atom. The van der Waals surface area contributed by atoms with Gasteiger partial charge in [0.15, 0.2) is 5.78 Å². The minimum absolute atomic E-state index is 0.137. The van der Waals surface area contributed by atoms with Crippen LogP contribution in [0.1, 0.15) is 41.9 Å². The van der Waals surface area contributed by atoms with Crippen LogP contribution in [0.2, 0.25) is 0 Å². The van der Waals surface area contributed by atoms with Crippen LogP contribution in [-0.4, -0.2) is 17.9 Å². The van der Waals surface area contributed by atoms with Crippen molar-refractivity contribution in [1.82, 2.24) is 0 Å². The van der Waals surface area contributed by atoms with E-state index in [2.05, 4.69) is 5.18 Å². The van der Waals surface area contributed by atoms with Crippen LogP contribution in [0.15, 0.2) is 46.0 Å². The average Bonchev–Trinajstić information content (AvgIpc) is 3.04. The number of fused-ring (bicyclic) bond motifs is 1. The number of esters is 1. The zero-order chi connectivity index (χ0) is 21.1. The Kier molecular flexibility index (Phi) is 7.04. The van der Waals surface area contributed by atoms with Gasteiger partial charge in [-0.15, -0.1) is 4.91 Å². The van der Waals surface area contributed by atoms with Crippen molar-refractivity contribution in [3.8, 4) is 0 Å². The summed E-state index contributed by atoms with van der Waals surface area (Å²) in [6.07, 6.45) is 0.353. The van der Waals surface area contributed by atoms with E-state index in [0.29, 0.717) is 41.3 Å². The van der Waals surface area contributed by atoms with Crippen LogP contribution in [0, 0.1) is 12.0 Å². The molecule has 1 heterocycles. The molecule has 0 fully saturated rings. The molecule has 0 unspecified atom stereocenters. The van der Waals surface area contributed by atoms with Gasteiger partial charge in [-0.25, -0.2) is 0 Å². The molecule has 0 N–H and O–H groups in total. The van der Waals surface area contributed by atoms with Crippen molar-refractivity contribution in [3.05, 3.63) is 65.3 Å². The number of nitroso groups, excluding NO2 is 1. The largest absolute Gasteiger partial charge is 0.462 e. The molecule has 1 aromatic heterocycles. The first-order chi connectivity index (χ1) is 13.8. The first-order valence-corrected chi connectivity index (χ1v) is 11.1. The lowest BCUT2D eigenvalue weighted by Crippen LogP contribution is -2.17. The van der Waals surface area contributed by atoms with Gasteiger partial charge in [-0.2, -0.15) is 0 Å². The van der Waals surface area contributed by atoms with Gasteiger partial charge in [0.2, 0.25) is 0 Å². The van der Waals surface area contributed by atoms with E-state index in [4.69, 9.17) is 9.15 Å². The van der Waals surface area contributed by atoms with Gasteiger partial charge in [0.1, 0.15) is 23.5 Å². The molecule has 6 nitrogen and oxygen atoms in total. The lowest BCUT2D eigenvalue weighted by molar-refractivity contribution is -0.147. The Bertz CT molecular complexity index is 1080. The molecule has 0 saturated heterocycles. The standard InChI is InChI=1S/C21H17I2NO5/c1-3-11(2)28-18(25)10-17-19(13-6-4-5-7-16(13)29-17)21(26)12-8-14(22)20(24-27)15(23)9-12/h4-9,11H,3,10H2,1-2H3/t11-/m0/s1. The zero-order valence-corrected chi connectivity index (χ0v) is 20.0. The van der Waals surface area contributed by atoms with Gasteiger partial charge in [-0.1, -0.05) is 25.1 Å². The van der Waals surface area contributed by atoms with Crippen molar-refractivity contribution in [2.45, 2.75) is 32.8 Å². The quantitative estimate of drug-likeness (QED) is 0.137. The zero-order valence-electron chi connectivity index (χ0n) is 15.7. The number of rotatable bonds is 7. The number of carbonyl (C=O) groups excluding carboxylic acids is 2. The Balaban J connectivity index is 2.07. The van der Waals surface area contributed by atoms with Crippen LogP contribution in [0.4, 0.5) is 5.69 Å². The van der Waals surface area contributed by atoms with Gasteiger partial charge in [0.25, 0.3) is 0 Å². The van der Waals surface area contributed by atoms with Crippen molar-refractivity contribution in [1.29, 1.82) is 0 Å². The summed E-state index contributed by atoms with van der Waals surface area (Å²) in [6.45, 7) is 3.74. The van der Waals surface area contributed by atoms with E-state index in [-0.39, 0.29) is 24.1 Å². The van der Waals surface area contributed by atoms with Gasteiger partial charge >= 0.3 is 5.97 Å². The highest BCUT2D eigenvalue weighted by molar-refractivity contribution is 14.1. The summed E-state index contributed by atoms with van der Waals surface area (Å²) in [5, 5.41) is 3.65. The Morgan fingerprint density at radius 3 is 2.45 bits per heavy atom. The van der Waals surface area contributed by atoms with Gasteiger partial charge in [0.05, 0.1) is 11.7 Å². The Hall–Kier alpha value is -1.82. The second-order valence-corrected chi connectivity index (χ2v) is 8.82. The fraction of sp³-hybridized carbons (Fsp3) is 0.238. The van der Waals surface area contributed by atoms with Crippen LogP contribution in [0.25, 0.3) is 11.0 Å². The summed E-state index contributed by atoms with van der Waals surface area (Å²) in [6, 6.07) is 10.4. The van der Waals surface area contributed by atoms with E-state index < -0.39 is 5.97 Å². The Labute approximate surface area is 194 Å². The number of nitrogens with zero attached hydrogens (tertiary/aromatic N) is 1. The Morgan fingerprint density at radius 2 is 1.83 bits per heavy atom. The fourth-order valence-electron chi connectivity index (χ4n) is 2.88. The number of hydrogen-bond donors (Lipinski definition) is 0. The fourth-order valence-corrected chi connectivity index (χ4v) is 4.84. The monoisotopic (exact) mass is 617 g/mol. The lowest BCUT2D eigenvalue weighted by atomic mass is 9.99. The summed E-state index contributed by atoms with van der Waals surface area (Å²) < 4.78 is 12.4. The molecule has 0 spiro atoms. The maximum atomic E-state index is 13.4. The van der Waals surface area contributed by atoms with Gasteiger partial charge in [0, 0.05) is 18.1 Å². The van der Waals surface area contributed by atoms with Crippen LogP contribution in [0.5, 0.6) is 0 Å². The average molecular weight is 617 g/mol. The molecule has 8 heteroatoms. The van der Waals surface area contributed by atoms with E-state index in [9.17, 15) is 14.5 Å². The van der Waals surface area contributed by atoms with Crippen LogP contribution in [-0.2, 0) is 16.0 Å². The summed E-state index contributed by atoms with van der Waals surface area (Å²) in [5.74, 6) is -0.459. The minimum atomic E-state index is -0.447. The van der Waals surface area contributed by atoms with Crippen LogP contribution in [0.3, 0.4) is 0 Å². The van der Waals surface area contributed by atoms with E-state index in [1.54, 1.807) is 30.3 Å². The molecule has 3 rings (SSSR count). The summed E-state index contributed by atoms with van der Waals surface area (Å²) in [7, 11) is 0. The first-order valence-electron chi connectivity index (χ1n) is 8.92. The minimum Gasteiger partial charge on any atom is -0.462 e. The maximum Gasteiger partial charge on any atom is 0.313 e. The highest BCUT2D eigenvalue weighted by Gasteiger charge is 2.25. The predicted molar refractivity (Wildman–Crippen MR) is 127 cm³/mol. The molecule has 0 saturated carbocycles. The maximum absolute atomic E-state index is 13.4. The first kappa shape index (κ1) is 21.9. The molecular weight excluding hydrogens is 600 g/mol. The van der Waals surface area contributed by atoms with Crippen molar-refractivity contribution in [2.75, 3.05) is 0 Å². The number of para-hydroxylation sites is 1. The molecule has 0 aliphatic carbocycles. The topological polar surface area (TPSA) is 85.9 Å². The number of ether oxygens (including phenoxy) is 1. The normalized spacial score (nSPS) is 12.0. The molecule has 0 bridgehead atoms. The summed E-state index contributed by atoms with van der Waals surface area (Å²) >= 11 is 3.96. The number of hydrogen-bond acceptors (Lipinski definition) is 6. The van der Waals surface area contributed by atoms with Crippen molar-refractivity contribution >= 4 is 73.6 Å². The van der Waals surface area contributed by atoms with E-state index in [0.717, 1.165) is 0 Å². The van der Waals surface area contributed by atoms with E-state index >= 15 is 0 Å². The second-order valence-electron chi connectivity index (χ2n) is 6.49. The van der Waals surface area contributed by atoms with Crippen molar-refractivity contribution in [2.24, 2.45) is 5.18 Å². The van der Waals surface area contributed by atoms with E-state index in [1.807, 2.05) is 65.1 Å². The molecular formula is C21H17I2NO5. The molecule has 3 aromatic rings. The molecule has 29 heavy (non-hydrogen) atoms. The highest BCUT2D eigenvalue weighted by Crippen LogP contribution is 2.33. The second kappa shape index (κ2) is 9.33. The lowest BCUT2D eigenvalue weighted by Gasteiger charge is -2.10. The molecule has 2 aromatic carbocycles. The highest BCUT2D eigenvalue weighted by atomic mass is 127. The summed E-state index contributed by atoms with van der Waals surface area (Å²) in [5.41, 5.74) is 1.56. The molecule has 150 valence electrons. The molecule has 1 atom stereocenters. The predicted octanol–water partition coefficient (Wildman–Crippen LogP) is 6.16. The number of benzene rings is 2. The molecule has 0 aliphatic rings.